The van der Waals surface area contributed by atoms with E-state index in [9.17, 15) is 14.4 Å². The van der Waals surface area contributed by atoms with Gasteiger partial charge in [0.05, 0.1) is 13.5 Å². The van der Waals surface area contributed by atoms with Crippen LogP contribution in [0.2, 0.25) is 0 Å². The SMILES string of the molecule is COC(=O)C(=[N+]=[N-])C(=O)CC(=O)C(C)C. The number of esters is 1. The summed E-state index contributed by atoms with van der Waals surface area (Å²) in [5, 5.41) is 0. The van der Waals surface area contributed by atoms with Crippen LogP contribution in [0.1, 0.15) is 20.3 Å². The van der Waals surface area contributed by atoms with Crippen molar-refractivity contribution in [2.45, 2.75) is 20.3 Å². The van der Waals surface area contributed by atoms with Crippen LogP contribution in [0.15, 0.2) is 0 Å². The molecule has 6 heteroatoms. The van der Waals surface area contributed by atoms with E-state index in [0.29, 0.717) is 0 Å². The van der Waals surface area contributed by atoms with Crippen molar-refractivity contribution in [1.82, 2.24) is 0 Å². The van der Waals surface area contributed by atoms with Crippen molar-refractivity contribution in [1.29, 1.82) is 0 Å². The van der Waals surface area contributed by atoms with E-state index in [1.807, 2.05) is 0 Å². The molecule has 0 N–H and O–H groups in total. The van der Waals surface area contributed by atoms with Gasteiger partial charge in [0.2, 0.25) is 0 Å². The predicted molar refractivity (Wildman–Crippen MR) is 50.1 cm³/mol. The summed E-state index contributed by atoms with van der Waals surface area (Å²) in [6, 6.07) is 0. The maximum atomic E-state index is 11.3. The highest BCUT2D eigenvalue weighted by molar-refractivity contribution is 6.63. The van der Waals surface area contributed by atoms with E-state index in [0.717, 1.165) is 7.11 Å². The highest BCUT2D eigenvalue weighted by Crippen LogP contribution is 2.00. The molecule has 0 aromatic rings. The molecule has 82 valence electrons. The van der Waals surface area contributed by atoms with Gasteiger partial charge in [-0.15, -0.1) is 0 Å². The van der Waals surface area contributed by atoms with E-state index >= 15 is 0 Å². The second-order valence-electron chi connectivity index (χ2n) is 3.16. The minimum absolute atomic E-state index is 0.313. The molecular weight excluding hydrogens is 200 g/mol. The molecular formula is C9H12N2O4. The number of carbonyl (C=O) groups is 3. The van der Waals surface area contributed by atoms with E-state index in [4.69, 9.17) is 5.53 Å². The van der Waals surface area contributed by atoms with Crippen molar-refractivity contribution >= 4 is 23.2 Å². The van der Waals surface area contributed by atoms with Crippen molar-refractivity contribution in [3.05, 3.63) is 5.53 Å². The standard InChI is InChI=1S/C9H12N2O4/c1-5(2)6(12)4-7(13)8(11-10)9(14)15-3/h5H,4H2,1-3H3. The monoisotopic (exact) mass is 212 g/mol. The highest BCUT2D eigenvalue weighted by atomic mass is 16.5. The fourth-order valence-corrected chi connectivity index (χ4v) is 0.753. The average Bonchev–Trinajstić information content (AvgIpc) is 2.18. The van der Waals surface area contributed by atoms with Crippen LogP contribution in [-0.2, 0) is 19.1 Å². The van der Waals surface area contributed by atoms with Crippen molar-refractivity contribution < 1.29 is 23.9 Å². The lowest BCUT2D eigenvalue weighted by molar-refractivity contribution is -0.140. The van der Waals surface area contributed by atoms with E-state index in [1.54, 1.807) is 13.8 Å². The minimum Gasteiger partial charge on any atom is -0.460 e. The van der Waals surface area contributed by atoms with Crippen LogP contribution in [0.25, 0.3) is 5.53 Å². The lowest BCUT2D eigenvalue weighted by atomic mass is 10.0. The first-order valence-electron chi connectivity index (χ1n) is 4.30. The fraction of sp³-hybridized carbons (Fsp3) is 0.556. The number of methoxy groups -OCH3 is 1. The molecule has 6 nitrogen and oxygen atoms in total. The first kappa shape index (κ1) is 13.2. The molecule has 0 unspecified atom stereocenters. The van der Waals surface area contributed by atoms with Gasteiger partial charge in [-0.3, -0.25) is 9.59 Å². The molecule has 0 heterocycles. The molecule has 0 atom stereocenters. The van der Waals surface area contributed by atoms with Crippen molar-refractivity contribution in [3.63, 3.8) is 0 Å². The number of hydrogen-bond acceptors (Lipinski definition) is 4. The maximum Gasteiger partial charge on any atom is 0.441 e. The number of rotatable bonds is 5. The first-order chi connectivity index (χ1) is 6.93. The van der Waals surface area contributed by atoms with E-state index < -0.39 is 23.9 Å². The smallest absolute Gasteiger partial charge is 0.441 e. The number of ketones is 2. The van der Waals surface area contributed by atoms with Gasteiger partial charge >= 0.3 is 11.7 Å². The molecule has 15 heavy (non-hydrogen) atoms. The average molecular weight is 212 g/mol. The van der Waals surface area contributed by atoms with Crippen LogP contribution < -0.4 is 0 Å². The summed E-state index contributed by atoms with van der Waals surface area (Å²) < 4.78 is 4.20. The lowest BCUT2D eigenvalue weighted by Crippen LogP contribution is -2.29. The van der Waals surface area contributed by atoms with Gasteiger partial charge in [-0.05, 0) is 0 Å². The second-order valence-corrected chi connectivity index (χ2v) is 3.16. The quantitative estimate of drug-likeness (QED) is 0.211. The predicted octanol–water partition coefficient (Wildman–Crippen LogP) is 0.0145. The van der Waals surface area contributed by atoms with Crippen molar-refractivity contribution in [2.75, 3.05) is 7.11 Å². The second kappa shape index (κ2) is 5.82. The minimum atomic E-state index is -1.06. The van der Waals surface area contributed by atoms with Crippen LogP contribution in [0.3, 0.4) is 0 Å². The third kappa shape index (κ3) is 3.83. The third-order valence-electron chi connectivity index (χ3n) is 1.72. The number of hydrogen-bond donors (Lipinski definition) is 0. The molecule has 0 rings (SSSR count). The van der Waals surface area contributed by atoms with Gasteiger partial charge in [0, 0.05) is 5.92 Å². The Kier molecular flexibility index (Phi) is 5.12. The lowest BCUT2D eigenvalue weighted by Gasteiger charge is -1.99. The summed E-state index contributed by atoms with van der Waals surface area (Å²) in [5.41, 5.74) is 7.65. The van der Waals surface area contributed by atoms with Gasteiger partial charge in [-0.25, -0.2) is 4.79 Å². The van der Waals surface area contributed by atoms with Crippen LogP contribution in [-0.4, -0.2) is 35.1 Å². The Morgan fingerprint density at radius 2 is 1.87 bits per heavy atom. The normalized spacial score (nSPS) is 9.33. The third-order valence-corrected chi connectivity index (χ3v) is 1.72. The molecule has 0 bridgehead atoms. The zero-order valence-corrected chi connectivity index (χ0v) is 8.81. The van der Waals surface area contributed by atoms with Gasteiger partial charge in [0.15, 0.2) is 0 Å². The number of carbonyl (C=O) groups excluding carboxylic acids is 3. The summed E-state index contributed by atoms with van der Waals surface area (Å²) in [5.74, 6) is -2.54. The van der Waals surface area contributed by atoms with Gasteiger partial charge in [-0.2, -0.15) is 4.79 Å². The van der Waals surface area contributed by atoms with Gasteiger partial charge in [0.25, 0.3) is 5.78 Å². The summed E-state index contributed by atoms with van der Waals surface area (Å²) in [4.78, 5) is 35.9. The summed E-state index contributed by atoms with van der Waals surface area (Å²) in [7, 11) is 1.05. The summed E-state index contributed by atoms with van der Waals surface area (Å²) in [6.45, 7) is 3.26. The van der Waals surface area contributed by atoms with Gasteiger partial charge in [-0.1, -0.05) is 13.8 Å². The Morgan fingerprint density at radius 1 is 1.33 bits per heavy atom. The van der Waals surface area contributed by atoms with Crippen molar-refractivity contribution in [3.8, 4) is 0 Å². The molecule has 0 fully saturated rings. The molecule has 0 aliphatic rings. The summed E-state index contributed by atoms with van der Waals surface area (Å²) in [6.07, 6.45) is -0.466. The topological polar surface area (TPSA) is 96.8 Å². The van der Waals surface area contributed by atoms with Gasteiger partial charge in [0.1, 0.15) is 5.78 Å². The summed E-state index contributed by atoms with van der Waals surface area (Å²) >= 11 is 0. The van der Waals surface area contributed by atoms with Crippen molar-refractivity contribution in [2.24, 2.45) is 5.92 Å². The largest absolute Gasteiger partial charge is 0.460 e. The van der Waals surface area contributed by atoms with Crippen LogP contribution in [0.5, 0.6) is 0 Å². The molecule has 0 spiro atoms. The Hall–Kier alpha value is -1.81. The molecule has 0 radical (unpaired) electrons. The maximum absolute atomic E-state index is 11.3. The molecule has 0 saturated heterocycles. The molecule has 0 amide bonds. The fourth-order valence-electron chi connectivity index (χ4n) is 0.753. The Bertz CT molecular complexity index is 340. The number of nitrogens with zero attached hydrogens (tertiary/aromatic N) is 2. The van der Waals surface area contributed by atoms with Gasteiger partial charge < -0.3 is 10.3 Å². The highest BCUT2D eigenvalue weighted by Gasteiger charge is 2.32. The van der Waals surface area contributed by atoms with E-state index in [1.165, 1.54) is 0 Å². The Labute approximate surface area is 86.8 Å². The van der Waals surface area contributed by atoms with E-state index in [-0.39, 0.29) is 11.7 Å². The van der Waals surface area contributed by atoms with Crippen LogP contribution in [0.4, 0.5) is 0 Å². The Balaban J connectivity index is 4.65. The number of Topliss-reactive ketones (excluding diaryl/α,β-unsaturated/α-hetero) is 2. The first-order valence-corrected chi connectivity index (χ1v) is 4.30. The zero-order chi connectivity index (χ0) is 12.0. The Morgan fingerprint density at radius 3 is 2.20 bits per heavy atom. The zero-order valence-electron chi connectivity index (χ0n) is 8.81. The molecule has 0 aromatic carbocycles. The van der Waals surface area contributed by atoms with Crippen LogP contribution in [0, 0.1) is 5.92 Å². The molecule has 0 saturated carbocycles. The van der Waals surface area contributed by atoms with Crippen LogP contribution >= 0.6 is 0 Å². The molecule has 0 aromatic heterocycles. The number of ether oxygens (including phenoxy) is 1. The molecule has 0 aliphatic heterocycles. The van der Waals surface area contributed by atoms with E-state index in [2.05, 4.69) is 9.53 Å². The molecule has 0 aliphatic carbocycles.